The molecule has 8 heteroatoms. The van der Waals surface area contributed by atoms with Gasteiger partial charge in [0, 0.05) is 19.2 Å². The van der Waals surface area contributed by atoms with Crippen LogP contribution in [0.25, 0.3) is 32.3 Å². The summed E-state index contributed by atoms with van der Waals surface area (Å²) in [5.74, 6) is 0.386. The first kappa shape index (κ1) is 15.7. The molecule has 25 heavy (non-hydrogen) atoms. The van der Waals surface area contributed by atoms with E-state index in [-0.39, 0.29) is 0 Å². The molecule has 3 aromatic heterocycles. The molecule has 0 saturated heterocycles. The predicted molar refractivity (Wildman–Crippen MR) is 98.2 cm³/mol. The average Bonchev–Trinajstić information content (AvgIpc) is 3.25. The van der Waals surface area contributed by atoms with Crippen LogP contribution in [0, 0.1) is 0 Å². The molecule has 126 valence electrons. The standard InChI is InChI=1S/C17H16N6OS/c1-24-8-7-23-10-21-12(11-5-3-2-4-6-11)14(23)17-22-13-15(18)19-9-20-16(13)25-17/h2-6,9-10H,7-8H2,1H3,(H2,18,19,20). The van der Waals surface area contributed by atoms with Crippen LogP contribution in [0.2, 0.25) is 0 Å². The number of methoxy groups -OCH3 is 1. The van der Waals surface area contributed by atoms with Crippen LogP contribution in [0.4, 0.5) is 5.82 Å². The molecular weight excluding hydrogens is 336 g/mol. The van der Waals surface area contributed by atoms with Crippen LogP contribution < -0.4 is 5.73 Å². The van der Waals surface area contributed by atoms with E-state index in [0.717, 1.165) is 26.8 Å². The van der Waals surface area contributed by atoms with Crippen molar-refractivity contribution in [1.29, 1.82) is 0 Å². The Morgan fingerprint density at radius 1 is 1.16 bits per heavy atom. The molecule has 0 fully saturated rings. The summed E-state index contributed by atoms with van der Waals surface area (Å²) < 4.78 is 7.27. The van der Waals surface area contributed by atoms with E-state index in [0.29, 0.717) is 24.5 Å². The third-order valence-electron chi connectivity index (χ3n) is 3.85. The van der Waals surface area contributed by atoms with Crippen LogP contribution in [-0.2, 0) is 11.3 Å². The molecule has 0 amide bonds. The Hall–Kier alpha value is -2.84. The number of nitrogens with two attached hydrogens (primary N) is 1. The number of hydrogen-bond donors (Lipinski definition) is 1. The second-order valence-corrected chi connectivity index (χ2v) is 6.40. The van der Waals surface area contributed by atoms with Crippen LogP contribution in [0.3, 0.4) is 0 Å². The number of imidazole rings is 1. The van der Waals surface area contributed by atoms with Gasteiger partial charge in [0.1, 0.15) is 27.4 Å². The van der Waals surface area contributed by atoms with Gasteiger partial charge in [-0.2, -0.15) is 0 Å². The molecule has 1 aromatic carbocycles. The Bertz CT molecular complexity index is 1010. The maximum absolute atomic E-state index is 5.94. The Morgan fingerprint density at radius 3 is 2.76 bits per heavy atom. The van der Waals surface area contributed by atoms with Crippen molar-refractivity contribution in [1.82, 2.24) is 24.5 Å². The largest absolute Gasteiger partial charge is 0.383 e. The zero-order valence-electron chi connectivity index (χ0n) is 13.6. The number of hydrogen-bond acceptors (Lipinski definition) is 7. The average molecular weight is 352 g/mol. The molecule has 0 aliphatic heterocycles. The number of aromatic nitrogens is 5. The molecule has 4 aromatic rings. The zero-order valence-corrected chi connectivity index (χ0v) is 14.4. The van der Waals surface area contributed by atoms with Crippen LogP contribution >= 0.6 is 11.3 Å². The molecular formula is C17H16N6OS. The quantitative estimate of drug-likeness (QED) is 0.594. The molecule has 3 heterocycles. The summed E-state index contributed by atoms with van der Waals surface area (Å²) in [5.41, 5.74) is 9.41. The van der Waals surface area contributed by atoms with E-state index in [9.17, 15) is 0 Å². The van der Waals surface area contributed by atoms with E-state index in [1.807, 2.05) is 41.2 Å². The topological polar surface area (TPSA) is 91.7 Å². The summed E-state index contributed by atoms with van der Waals surface area (Å²) in [6.07, 6.45) is 3.28. The maximum Gasteiger partial charge on any atom is 0.154 e. The highest BCUT2D eigenvalue weighted by atomic mass is 32.1. The molecule has 0 unspecified atom stereocenters. The first-order chi connectivity index (χ1) is 12.3. The fourth-order valence-electron chi connectivity index (χ4n) is 2.65. The Kier molecular flexibility index (Phi) is 4.12. The summed E-state index contributed by atoms with van der Waals surface area (Å²) in [5, 5.41) is 0.814. The van der Waals surface area contributed by atoms with E-state index >= 15 is 0 Å². The highest BCUT2D eigenvalue weighted by molar-refractivity contribution is 7.21. The minimum Gasteiger partial charge on any atom is -0.383 e. The SMILES string of the molecule is COCCn1cnc(-c2ccccc2)c1-c1nc2c(N)ncnc2s1. The lowest BCUT2D eigenvalue weighted by Gasteiger charge is -2.07. The third-order valence-corrected chi connectivity index (χ3v) is 4.82. The van der Waals surface area contributed by atoms with Gasteiger partial charge < -0.3 is 15.0 Å². The first-order valence-corrected chi connectivity index (χ1v) is 8.56. The van der Waals surface area contributed by atoms with E-state index < -0.39 is 0 Å². The Labute approximate surface area is 148 Å². The number of nitrogen functional groups attached to an aromatic ring is 1. The molecule has 0 spiro atoms. The van der Waals surface area contributed by atoms with Crippen LogP contribution in [0.15, 0.2) is 43.0 Å². The number of anilines is 1. The summed E-state index contributed by atoms with van der Waals surface area (Å²) in [6, 6.07) is 10.0. The molecule has 0 bridgehead atoms. The molecule has 0 aliphatic rings. The van der Waals surface area contributed by atoms with Gasteiger partial charge in [-0.3, -0.25) is 0 Å². The van der Waals surface area contributed by atoms with Gasteiger partial charge in [-0.1, -0.05) is 41.7 Å². The summed E-state index contributed by atoms with van der Waals surface area (Å²) in [6.45, 7) is 1.27. The summed E-state index contributed by atoms with van der Waals surface area (Å²) >= 11 is 1.48. The summed E-state index contributed by atoms with van der Waals surface area (Å²) in [7, 11) is 1.68. The number of rotatable bonds is 5. The van der Waals surface area contributed by atoms with E-state index in [1.54, 1.807) is 7.11 Å². The van der Waals surface area contributed by atoms with Gasteiger partial charge in [0.25, 0.3) is 0 Å². The monoisotopic (exact) mass is 352 g/mol. The number of nitrogens with zero attached hydrogens (tertiary/aromatic N) is 5. The lowest BCUT2D eigenvalue weighted by molar-refractivity contribution is 0.187. The predicted octanol–water partition coefficient (Wildman–Crippen LogP) is 2.85. The van der Waals surface area contributed by atoms with Gasteiger partial charge in [0.15, 0.2) is 5.82 Å². The van der Waals surface area contributed by atoms with E-state index in [2.05, 4.69) is 19.9 Å². The zero-order chi connectivity index (χ0) is 17.2. The molecule has 7 nitrogen and oxygen atoms in total. The van der Waals surface area contributed by atoms with Crippen molar-refractivity contribution < 1.29 is 4.74 Å². The van der Waals surface area contributed by atoms with Crippen LogP contribution in [-0.4, -0.2) is 38.2 Å². The highest BCUT2D eigenvalue weighted by Gasteiger charge is 2.19. The normalized spacial score (nSPS) is 11.2. The lowest BCUT2D eigenvalue weighted by Crippen LogP contribution is -2.04. The molecule has 0 atom stereocenters. The molecule has 0 saturated carbocycles. The molecule has 0 aliphatic carbocycles. The second-order valence-electron chi connectivity index (χ2n) is 5.43. The number of ether oxygens (including phenoxy) is 1. The van der Waals surface area contributed by atoms with Crippen molar-refractivity contribution in [3.8, 4) is 22.0 Å². The minimum absolute atomic E-state index is 0.386. The van der Waals surface area contributed by atoms with Gasteiger partial charge in [0.2, 0.25) is 0 Å². The second kappa shape index (κ2) is 6.58. The summed E-state index contributed by atoms with van der Waals surface area (Å²) in [4.78, 5) is 18.4. The molecule has 0 radical (unpaired) electrons. The maximum atomic E-state index is 5.94. The fraction of sp³-hybridized carbons (Fsp3) is 0.176. The van der Waals surface area contributed by atoms with Crippen molar-refractivity contribution in [2.75, 3.05) is 19.5 Å². The van der Waals surface area contributed by atoms with Crippen molar-refractivity contribution in [3.05, 3.63) is 43.0 Å². The first-order valence-electron chi connectivity index (χ1n) is 7.75. The van der Waals surface area contributed by atoms with Gasteiger partial charge in [0.05, 0.1) is 18.6 Å². The minimum atomic E-state index is 0.386. The number of fused-ring (bicyclic) bond motifs is 1. The van der Waals surface area contributed by atoms with Crippen molar-refractivity contribution in [2.24, 2.45) is 0 Å². The number of benzene rings is 1. The van der Waals surface area contributed by atoms with Gasteiger partial charge in [-0.25, -0.2) is 19.9 Å². The van der Waals surface area contributed by atoms with Gasteiger partial charge in [-0.15, -0.1) is 0 Å². The highest BCUT2D eigenvalue weighted by Crippen LogP contribution is 2.36. The fourth-order valence-corrected chi connectivity index (χ4v) is 3.62. The van der Waals surface area contributed by atoms with Crippen LogP contribution in [0.5, 0.6) is 0 Å². The van der Waals surface area contributed by atoms with Crippen molar-refractivity contribution in [3.63, 3.8) is 0 Å². The Morgan fingerprint density at radius 2 is 2.00 bits per heavy atom. The molecule has 4 rings (SSSR count). The Balaban J connectivity index is 1.90. The smallest absolute Gasteiger partial charge is 0.154 e. The van der Waals surface area contributed by atoms with Crippen molar-refractivity contribution in [2.45, 2.75) is 6.54 Å². The molecule has 2 N–H and O–H groups in total. The van der Waals surface area contributed by atoms with Gasteiger partial charge >= 0.3 is 0 Å². The number of thiazole rings is 1. The third kappa shape index (κ3) is 2.86. The van der Waals surface area contributed by atoms with Gasteiger partial charge in [-0.05, 0) is 0 Å². The van der Waals surface area contributed by atoms with Crippen molar-refractivity contribution >= 4 is 27.5 Å². The lowest BCUT2D eigenvalue weighted by atomic mass is 10.1. The van der Waals surface area contributed by atoms with E-state index in [4.69, 9.17) is 10.5 Å². The van der Waals surface area contributed by atoms with Crippen LogP contribution in [0.1, 0.15) is 0 Å². The van der Waals surface area contributed by atoms with E-state index in [1.165, 1.54) is 17.7 Å².